The quantitative estimate of drug-likeness (QED) is 0.731. The molecule has 1 aliphatic rings. The molecule has 7 nitrogen and oxygen atoms in total. The Kier molecular flexibility index (Phi) is 7.27. The predicted octanol–water partition coefficient (Wildman–Crippen LogP) is 3.36. The zero-order valence-corrected chi connectivity index (χ0v) is 18.7. The van der Waals surface area contributed by atoms with Crippen molar-refractivity contribution < 1.29 is 22.3 Å². The summed E-state index contributed by atoms with van der Waals surface area (Å²) in [5.74, 6) is -0.372. The van der Waals surface area contributed by atoms with E-state index in [9.17, 15) is 17.6 Å². The Labute approximate surface area is 182 Å². The van der Waals surface area contributed by atoms with E-state index in [-0.39, 0.29) is 11.9 Å². The predicted molar refractivity (Wildman–Crippen MR) is 116 cm³/mol. The molecule has 1 aromatic heterocycles. The van der Waals surface area contributed by atoms with Crippen molar-refractivity contribution in [3.8, 4) is 11.3 Å². The average Bonchev–Trinajstić information content (AvgIpc) is 2.68. The van der Waals surface area contributed by atoms with Crippen LogP contribution >= 0.6 is 0 Å². The molecule has 2 heterocycles. The zero-order chi connectivity index (χ0) is 22.6. The molecule has 1 amide bonds. The minimum atomic E-state index is -3.48. The van der Waals surface area contributed by atoms with Crippen LogP contribution in [0, 0.1) is 5.82 Å². The van der Waals surface area contributed by atoms with Gasteiger partial charge in [-0.25, -0.2) is 22.3 Å². The molecule has 1 fully saturated rings. The number of sulfonamides is 1. The van der Waals surface area contributed by atoms with Gasteiger partial charge in [-0.15, -0.1) is 0 Å². The Morgan fingerprint density at radius 1 is 1.26 bits per heavy atom. The van der Waals surface area contributed by atoms with Gasteiger partial charge in [-0.3, -0.25) is 4.98 Å². The maximum atomic E-state index is 14.2. The van der Waals surface area contributed by atoms with Crippen LogP contribution in [-0.2, 0) is 21.2 Å². The van der Waals surface area contributed by atoms with E-state index in [1.165, 1.54) is 6.07 Å². The second-order valence-electron chi connectivity index (χ2n) is 8.03. The van der Waals surface area contributed by atoms with Gasteiger partial charge in [-0.2, -0.15) is 0 Å². The van der Waals surface area contributed by atoms with Crippen molar-refractivity contribution in [2.45, 2.75) is 51.3 Å². The first kappa shape index (κ1) is 23.1. The number of nitrogens with one attached hydrogen (secondary N) is 1. The molecule has 1 aromatic carbocycles. The molecule has 0 bridgehead atoms. The number of ether oxygens (including phenoxy) is 1. The molecular formula is C22H28FN3O4S. The molecule has 1 saturated heterocycles. The van der Waals surface area contributed by atoms with Crippen molar-refractivity contribution in [1.29, 1.82) is 0 Å². The van der Waals surface area contributed by atoms with Gasteiger partial charge in [0.05, 0.1) is 24.1 Å². The third-order valence-corrected chi connectivity index (χ3v) is 5.82. The number of aromatic nitrogens is 1. The highest BCUT2D eigenvalue weighted by Crippen LogP contribution is 2.25. The fraction of sp³-hybridized carbons (Fsp3) is 0.455. The van der Waals surface area contributed by atoms with Gasteiger partial charge in [-0.1, -0.05) is 18.2 Å². The molecule has 1 aliphatic heterocycles. The van der Waals surface area contributed by atoms with Crippen LogP contribution in [0.4, 0.5) is 9.18 Å². The Morgan fingerprint density at radius 3 is 2.68 bits per heavy atom. The molecule has 9 heteroatoms. The van der Waals surface area contributed by atoms with E-state index in [1.54, 1.807) is 55.1 Å². The number of piperidine rings is 1. The van der Waals surface area contributed by atoms with Gasteiger partial charge in [0.15, 0.2) is 0 Å². The van der Waals surface area contributed by atoms with Crippen LogP contribution in [0.1, 0.15) is 32.4 Å². The summed E-state index contributed by atoms with van der Waals surface area (Å²) in [6, 6.07) is 10.7. The van der Waals surface area contributed by atoms with Crippen molar-refractivity contribution in [3.05, 3.63) is 54.0 Å². The lowest BCUT2D eigenvalue weighted by Gasteiger charge is -2.40. The Hall–Kier alpha value is -2.52. The first-order valence-electron chi connectivity index (χ1n) is 10.3. The summed E-state index contributed by atoms with van der Waals surface area (Å²) in [5, 5.41) is 0. The monoisotopic (exact) mass is 449 g/mol. The number of likely N-dealkylation sites (tertiary alicyclic amines) is 1. The summed E-state index contributed by atoms with van der Waals surface area (Å²) < 4.78 is 46.1. The molecule has 3 rings (SSSR count). The first-order chi connectivity index (χ1) is 14.6. The molecule has 0 unspecified atom stereocenters. The molecule has 0 saturated carbocycles. The van der Waals surface area contributed by atoms with Crippen molar-refractivity contribution in [2.75, 3.05) is 12.8 Å². The summed E-state index contributed by atoms with van der Waals surface area (Å²) in [4.78, 5) is 18.9. The fourth-order valence-electron chi connectivity index (χ4n) is 3.84. The minimum absolute atomic E-state index is 0.293. The van der Waals surface area contributed by atoms with Gasteiger partial charge in [0, 0.05) is 30.3 Å². The molecule has 0 radical (unpaired) electrons. The maximum absolute atomic E-state index is 14.2. The van der Waals surface area contributed by atoms with E-state index in [4.69, 9.17) is 4.74 Å². The second kappa shape index (κ2) is 9.74. The summed E-state index contributed by atoms with van der Waals surface area (Å²) >= 11 is 0. The highest BCUT2D eigenvalue weighted by Gasteiger charge is 2.37. The highest BCUT2D eigenvalue weighted by atomic mass is 32.2. The van der Waals surface area contributed by atoms with Crippen molar-refractivity contribution in [3.63, 3.8) is 0 Å². The third kappa shape index (κ3) is 6.24. The van der Waals surface area contributed by atoms with E-state index in [0.717, 1.165) is 6.26 Å². The van der Waals surface area contributed by atoms with E-state index >= 15 is 0 Å². The number of amides is 1. The van der Waals surface area contributed by atoms with E-state index in [1.807, 2.05) is 0 Å². The number of pyridine rings is 1. The Balaban J connectivity index is 1.92. The number of halogens is 1. The molecule has 31 heavy (non-hydrogen) atoms. The first-order valence-corrected chi connectivity index (χ1v) is 12.2. The highest BCUT2D eigenvalue weighted by molar-refractivity contribution is 7.88. The van der Waals surface area contributed by atoms with E-state index in [2.05, 4.69) is 9.71 Å². The Bertz CT molecular complexity index is 1030. The lowest BCUT2D eigenvalue weighted by Crippen LogP contribution is -2.58. The number of carbonyl (C=O) groups is 1. The molecule has 1 N–H and O–H groups in total. The second-order valence-corrected chi connectivity index (χ2v) is 9.81. The van der Waals surface area contributed by atoms with Gasteiger partial charge >= 0.3 is 6.09 Å². The normalized spacial score (nSPS) is 19.5. The van der Waals surface area contributed by atoms with Crippen molar-refractivity contribution >= 4 is 16.1 Å². The summed E-state index contributed by atoms with van der Waals surface area (Å²) in [6.07, 6.45) is 1.88. The lowest BCUT2D eigenvalue weighted by atomic mass is 9.93. The average molecular weight is 450 g/mol. The molecular weight excluding hydrogens is 421 g/mol. The SMILES string of the molecule is CC(C)OC(=O)N1CCC[C@@H](NS(C)(=O)=O)[C@H]1Cc1cccc(-c2ccccc2F)n1. The third-order valence-electron chi connectivity index (χ3n) is 5.09. The van der Waals surface area contributed by atoms with Crippen LogP contribution in [0.15, 0.2) is 42.5 Å². The summed E-state index contributed by atoms with van der Waals surface area (Å²) in [7, 11) is -3.48. The van der Waals surface area contributed by atoms with E-state index in [0.29, 0.717) is 42.8 Å². The largest absolute Gasteiger partial charge is 0.447 e. The smallest absolute Gasteiger partial charge is 0.410 e. The number of benzene rings is 1. The standard InChI is InChI=1S/C22H28FN3O4S/c1-15(2)30-22(27)26-13-7-12-20(25-31(3,28)29)21(26)14-16-8-6-11-19(24-16)17-9-4-5-10-18(17)23/h4-6,8-11,15,20-21,25H,7,12-14H2,1-3H3/t20-,21-/m1/s1. The maximum Gasteiger partial charge on any atom is 0.410 e. The molecule has 0 aliphatic carbocycles. The number of carbonyl (C=O) groups excluding carboxylic acids is 1. The van der Waals surface area contributed by atoms with E-state index < -0.39 is 28.2 Å². The Morgan fingerprint density at radius 2 is 2.00 bits per heavy atom. The van der Waals surface area contributed by atoms with Crippen LogP contribution in [0.3, 0.4) is 0 Å². The number of hydrogen-bond donors (Lipinski definition) is 1. The minimum Gasteiger partial charge on any atom is -0.447 e. The zero-order valence-electron chi connectivity index (χ0n) is 17.9. The topological polar surface area (TPSA) is 88.6 Å². The van der Waals surface area contributed by atoms with Crippen molar-refractivity contribution in [1.82, 2.24) is 14.6 Å². The lowest BCUT2D eigenvalue weighted by molar-refractivity contribution is 0.0459. The van der Waals surface area contributed by atoms with Crippen LogP contribution in [-0.4, -0.2) is 55.4 Å². The van der Waals surface area contributed by atoms with Crippen LogP contribution in [0.25, 0.3) is 11.3 Å². The number of nitrogens with zero attached hydrogens (tertiary/aromatic N) is 2. The van der Waals surface area contributed by atoms with Crippen LogP contribution in [0.5, 0.6) is 0 Å². The molecule has 0 spiro atoms. The van der Waals surface area contributed by atoms with Gasteiger partial charge < -0.3 is 9.64 Å². The molecule has 2 aromatic rings. The van der Waals surface area contributed by atoms with Crippen LogP contribution in [0.2, 0.25) is 0 Å². The fourth-order valence-corrected chi connectivity index (χ4v) is 4.67. The number of hydrogen-bond acceptors (Lipinski definition) is 5. The van der Waals surface area contributed by atoms with Crippen LogP contribution < -0.4 is 4.72 Å². The van der Waals surface area contributed by atoms with Crippen molar-refractivity contribution in [2.24, 2.45) is 0 Å². The van der Waals surface area contributed by atoms with Gasteiger partial charge in [0.25, 0.3) is 0 Å². The molecule has 2 atom stereocenters. The van der Waals surface area contributed by atoms with Gasteiger partial charge in [0.2, 0.25) is 10.0 Å². The number of rotatable bonds is 6. The summed E-state index contributed by atoms with van der Waals surface area (Å²) in [5.41, 5.74) is 1.50. The summed E-state index contributed by atoms with van der Waals surface area (Å²) in [6.45, 7) is 4.00. The van der Waals surface area contributed by atoms with Gasteiger partial charge in [-0.05, 0) is 51.0 Å². The molecule has 168 valence electrons. The van der Waals surface area contributed by atoms with Gasteiger partial charge in [0.1, 0.15) is 5.82 Å².